The van der Waals surface area contributed by atoms with E-state index in [4.69, 9.17) is 4.74 Å². The molecule has 2 aromatic rings. The number of methoxy groups -OCH3 is 1. The Morgan fingerprint density at radius 2 is 1.57 bits per heavy atom. The third kappa shape index (κ3) is 7.26. The zero-order valence-electron chi connectivity index (χ0n) is 17.9. The molecule has 0 bridgehead atoms. The van der Waals surface area contributed by atoms with Gasteiger partial charge >= 0.3 is 6.61 Å². The quantitative estimate of drug-likeness (QED) is 0.559. The van der Waals surface area contributed by atoms with Gasteiger partial charge in [-0.25, -0.2) is 0 Å². The molecule has 0 saturated carbocycles. The van der Waals surface area contributed by atoms with Crippen LogP contribution in [0, 0.1) is 5.92 Å². The van der Waals surface area contributed by atoms with Crippen LogP contribution in [-0.2, 0) is 13.0 Å². The highest BCUT2D eigenvalue weighted by atomic mass is 19.3. The molecule has 6 heteroatoms. The minimum absolute atomic E-state index is 0.203. The van der Waals surface area contributed by atoms with E-state index < -0.39 is 6.61 Å². The first kappa shape index (κ1) is 22.5. The molecule has 1 saturated heterocycles. The van der Waals surface area contributed by atoms with Crippen molar-refractivity contribution in [3.8, 4) is 11.5 Å². The van der Waals surface area contributed by atoms with E-state index in [-0.39, 0.29) is 5.75 Å². The first-order valence-corrected chi connectivity index (χ1v) is 10.6. The number of benzene rings is 2. The fourth-order valence-corrected chi connectivity index (χ4v) is 3.96. The number of ether oxygens (including phenoxy) is 2. The molecule has 1 fully saturated rings. The van der Waals surface area contributed by atoms with Crippen LogP contribution in [0.3, 0.4) is 0 Å². The third-order valence-electron chi connectivity index (χ3n) is 5.78. The van der Waals surface area contributed by atoms with Crippen LogP contribution in [0.2, 0.25) is 0 Å². The number of hydrogen-bond acceptors (Lipinski definition) is 4. The van der Waals surface area contributed by atoms with Crippen LogP contribution in [-0.4, -0.2) is 56.7 Å². The molecule has 1 aliphatic heterocycles. The molecule has 1 aliphatic rings. The largest absolute Gasteiger partial charge is 0.497 e. The Morgan fingerprint density at radius 1 is 0.967 bits per heavy atom. The Hall–Kier alpha value is -2.18. The van der Waals surface area contributed by atoms with Crippen LogP contribution in [0.25, 0.3) is 0 Å². The Morgan fingerprint density at radius 3 is 2.17 bits per heavy atom. The molecule has 2 aromatic carbocycles. The Kier molecular flexibility index (Phi) is 8.46. The van der Waals surface area contributed by atoms with Crippen molar-refractivity contribution < 1.29 is 18.3 Å². The van der Waals surface area contributed by atoms with Gasteiger partial charge in [-0.1, -0.05) is 24.3 Å². The summed E-state index contributed by atoms with van der Waals surface area (Å²) in [5.41, 5.74) is 2.39. The normalized spacial score (nSPS) is 15.7. The Balaban J connectivity index is 1.61. The number of piperidine rings is 1. The molecule has 0 N–H and O–H groups in total. The maximum Gasteiger partial charge on any atom is 0.387 e. The van der Waals surface area contributed by atoms with Crippen molar-refractivity contribution in [1.29, 1.82) is 0 Å². The highest BCUT2D eigenvalue weighted by Crippen LogP contribution is 2.21. The van der Waals surface area contributed by atoms with Crippen molar-refractivity contribution >= 4 is 0 Å². The average molecular weight is 419 g/mol. The summed E-state index contributed by atoms with van der Waals surface area (Å²) in [6, 6.07) is 15.2. The lowest BCUT2D eigenvalue weighted by atomic mass is 9.96. The van der Waals surface area contributed by atoms with Crippen LogP contribution in [0.4, 0.5) is 8.78 Å². The second kappa shape index (κ2) is 11.3. The zero-order valence-corrected chi connectivity index (χ0v) is 17.9. The van der Waals surface area contributed by atoms with Gasteiger partial charge in [-0.15, -0.1) is 0 Å². The minimum atomic E-state index is -2.79. The number of halogens is 2. The summed E-state index contributed by atoms with van der Waals surface area (Å²) in [7, 11) is 3.86. The fraction of sp³-hybridized carbons (Fsp3) is 0.500. The number of nitrogens with zero attached hydrogens (tertiary/aromatic N) is 2. The summed E-state index contributed by atoms with van der Waals surface area (Å²) in [6.45, 7) is 2.32. The maximum atomic E-state index is 12.4. The molecular formula is C24H32F2N2O2. The van der Waals surface area contributed by atoms with E-state index in [9.17, 15) is 8.78 Å². The predicted molar refractivity (Wildman–Crippen MR) is 115 cm³/mol. The van der Waals surface area contributed by atoms with Crippen molar-refractivity contribution in [3.05, 3.63) is 59.7 Å². The first-order valence-electron chi connectivity index (χ1n) is 10.6. The van der Waals surface area contributed by atoms with Gasteiger partial charge in [0.25, 0.3) is 0 Å². The summed E-state index contributed by atoms with van der Waals surface area (Å²) in [4.78, 5) is 4.88. The highest BCUT2D eigenvalue weighted by molar-refractivity contribution is 5.28. The molecule has 0 atom stereocenters. The van der Waals surface area contributed by atoms with E-state index >= 15 is 0 Å². The summed E-state index contributed by atoms with van der Waals surface area (Å²) >= 11 is 0. The zero-order chi connectivity index (χ0) is 21.3. The van der Waals surface area contributed by atoms with Crippen molar-refractivity contribution in [2.24, 2.45) is 5.92 Å². The van der Waals surface area contributed by atoms with Crippen LogP contribution in [0.15, 0.2) is 48.5 Å². The SMILES string of the molecule is COc1ccc(CCN(Cc2ccc(OC(F)F)cc2)CC2CCN(C)CC2)cc1. The van der Waals surface area contributed by atoms with Crippen LogP contribution < -0.4 is 9.47 Å². The summed E-state index contributed by atoms with van der Waals surface area (Å²) in [5.74, 6) is 1.76. The molecule has 3 rings (SSSR count). The molecule has 30 heavy (non-hydrogen) atoms. The van der Waals surface area contributed by atoms with Crippen LogP contribution >= 0.6 is 0 Å². The molecule has 0 amide bonds. The van der Waals surface area contributed by atoms with Gasteiger partial charge in [0.15, 0.2) is 0 Å². The van der Waals surface area contributed by atoms with Gasteiger partial charge in [0.05, 0.1) is 7.11 Å². The second-order valence-electron chi connectivity index (χ2n) is 8.10. The molecule has 0 aliphatic carbocycles. The van der Waals surface area contributed by atoms with E-state index in [1.54, 1.807) is 19.2 Å². The Bertz CT molecular complexity index is 745. The first-order chi connectivity index (χ1) is 14.5. The van der Waals surface area contributed by atoms with Gasteiger partial charge in [0.1, 0.15) is 11.5 Å². The number of alkyl halides is 2. The molecule has 1 heterocycles. The van der Waals surface area contributed by atoms with E-state index in [1.165, 1.54) is 18.4 Å². The maximum absolute atomic E-state index is 12.4. The van der Waals surface area contributed by atoms with Gasteiger partial charge < -0.3 is 14.4 Å². The number of rotatable bonds is 10. The Labute approximate surface area is 178 Å². The van der Waals surface area contributed by atoms with Crippen molar-refractivity contribution in [3.63, 3.8) is 0 Å². The van der Waals surface area contributed by atoms with E-state index in [2.05, 4.69) is 33.7 Å². The lowest BCUT2D eigenvalue weighted by Gasteiger charge is -2.33. The molecular weight excluding hydrogens is 386 g/mol. The third-order valence-corrected chi connectivity index (χ3v) is 5.78. The molecule has 0 unspecified atom stereocenters. The van der Waals surface area contributed by atoms with Crippen molar-refractivity contribution in [2.45, 2.75) is 32.4 Å². The number of likely N-dealkylation sites (tertiary alicyclic amines) is 1. The van der Waals surface area contributed by atoms with Crippen LogP contribution in [0.1, 0.15) is 24.0 Å². The fourth-order valence-electron chi connectivity index (χ4n) is 3.96. The lowest BCUT2D eigenvalue weighted by molar-refractivity contribution is -0.0498. The van der Waals surface area contributed by atoms with E-state index in [1.807, 2.05) is 24.3 Å². The minimum Gasteiger partial charge on any atom is -0.497 e. The summed E-state index contributed by atoms with van der Waals surface area (Å²) in [6.07, 6.45) is 3.40. The van der Waals surface area contributed by atoms with Crippen molar-refractivity contribution in [1.82, 2.24) is 9.80 Å². The van der Waals surface area contributed by atoms with Gasteiger partial charge in [-0.05, 0) is 80.7 Å². The average Bonchev–Trinajstić information content (AvgIpc) is 2.75. The molecule has 0 radical (unpaired) electrons. The number of hydrogen-bond donors (Lipinski definition) is 0. The molecule has 164 valence electrons. The molecule has 0 aromatic heterocycles. The predicted octanol–water partition coefficient (Wildman–Crippen LogP) is 4.68. The van der Waals surface area contributed by atoms with E-state index in [0.29, 0.717) is 5.92 Å². The monoisotopic (exact) mass is 418 g/mol. The lowest BCUT2D eigenvalue weighted by Crippen LogP contribution is -2.37. The van der Waals surface area contributed by atoms with Crippen LogP contribution in [0.5, 0.6) is 11.5 Å². The molecule has 4 nitrogen and oxygen atoms in total. The summed E-state index contributed by atoms with van der Waals surface area (Å²) < 4.78 is 34.5. The highest BCUT2D eigenvalue weighted by Gasteiger charge is 2.20. The second-order valence-corrected chi connectivity index (χ2v) is 8.10. The van der Waals surface area contributed by atoms with Gasteiger partial charge in [-0.3, -0.25) is 4.90 Å². The van der Waals surface area contributed by atoms with Gasteiger partial charge in [0, 0.05) is 19.6 Å². The van der Waals surface area contributed by atoms with Crippen molar-refractivity contribution in [2.75, 3.05) is 40.3 Å². The topological polar surface area (TPSA) is 24.9 Å². The smallest absolute Gasteiger partial charge is 0.387 e. The van der Waals surface area contributed by atoms with Gasteiger partial charge in [0.2, 0.25) is 0 Å². The van der Waals surface area contributed by atoms with E-state index in [0.717, 1.165) is 50.5 Å². The standard InChI is InChI=1S/C24H32F2N2O2/c1-27-14-11-21(12-15-27)18-28(16-13-19-3-7-22(29-2)8-4-19)17-20-5-9-23(10-6-20)30-24(25)26/h3-10,21,24H,11-18H2,1-2H3. The molecule has 0 spiro atoms. The summed E-state index contributed by atoms with van der Waals surface area (Å²) in [5, 5.41) is 0. The van der Waals surface area contributed by atoms with Gasteiger partial charge in [-0.2, -0.15) is 8.78 Å².